The average molecular weight is 448 g/mol. The normalized spacial score (nSPS) is 22.7. The number of pyridine rings is 1. The highest BCUT2D eigenvalue weighted by Crippen LogP contribution is 2.49. The van der Waals surface area contributed by atoms with Gasteiger partial charge in [-0.3, -0.25) is 14.3 Å². The zero-order chi connectivity index (χ0) is 21.9. The molecule has 0 aliphatic heterocycles. The fraction of sp³-hybridized carbons (Fsp3) is 0.440. The molecule has 2 bridgehead atoms. The molecule has 0 spiro atoms. The van der Waals surface area contributed by atoms with Crippen LogP contribution >= 0.6 is 11.8 Å². The number of thioether (sulfide) groups is 1. The lowest BCUT2D eigenvalue weighted by Gasteiger charge is -2.28. The Morgan fingerprint density at radius 2 is 1.94 bits per heavy atom. The van der Waals surface area contributed by atoms with Crippen molar-refractivity contribution in [2.24, 2.45) is 17.8 Å². The number of aromatic nitrogens is 4. The molecular weight excluding hydrogens is 418 g/mol. The van der Waals surface area contributed by atoms with E-state index in [2.05, 4.69) is 44.1 Å². The number of carbonyl (C=O) groups is 1. The van der Waals surface area contributed by atoms with Crippen LogP contribution in [-0.2, 0) is 11.3 Å². The van der Waals surface area contributed by atoms with Crippen LogP contribution in [-0.4, -0.2) is 37.5 Å². The summed E-state index contributed by atoms with van der Waals surface area (Å²) < 4.78 is 2.09. The highest BCUT2D eigenvalue weighted by atomic mass is 32.2. The maximum Gasteiger partial charge on any atom is 0.230 e. The van der Waals surface area contributed by atoms with Crippen molar-refractivity contribution in [3.05, 3.63) is 60.4 Å². The number of carbonyl (C=O) groups excluding carboxylic acids is 1. The van der Waals surface area contributed by atoms with E-state index in [0.29, 0.717) is 18.2 Å². The molecule has 4 unspecified atom stereocenters. The van der Waals surface area contributed by atoms with E-state index >= 15 is 0 Å². The Morgan fingerprint density at radius 3 is 2.66 bits per heavy atom. The highest BCUT2D eigenvalue weighted by Gasteiger charge is 2.42. The Hall–Kier alpha value is -2.67. The van der Waals surface area contributed by atoms with Crippen LogP contribution in [0.25, 0.3) is 11.4 Å². The van der Waals surface area contributed by atoms with Gasteiger partial charge in [-0.1, -0.05) is 48.5 Å². The van der Waals surface area contributed by atoms with Gasteiger partial charge in [0.05, 0.1) is 12.3 Å². The van der Waals surface area contributed by atoms with Gasteiger partial charge in [-0.25, -0.2) is 0 Å². The van der Waals surface area contributed by atoms with E-state index in [4.69, 9.17) is 0 Å². The van der Waals surface area contributed by atoms with Crippen molar-refractivity contribution in [1.29, 1.82) is 0 Å². The summed E-state index contributed by atoms with van der Waals surface area (Å²) in [7, 11) is 0. The van der Waals surface area contributed by atoms with Gasteiger partial charge in [0.15, 0.2) is 11.0 Å². The summed E-state index contributed by atoms with van der Waals surface area (Å²) in [6.07, 6.45) is 8.88. The number of hydrogen-bond donors (Lipinski definition) is 1. The molecule has 0 radical (unpaired) electrons. The van der Waals surface area contributed by atoms with Crippen LogP contribution in [0.3, 0.4) is 0 Å². The number of nitrogens with one attached hydrogen (secondary N) is 1. The number of rotatable bonds is 8. The summed E-state index contributed by atoms with van der Waals surface area (Å²) in [6, 6.07) is 14.4. The molecule has 1 aromatic carbocycles. The summed E-state index contributed by atoms with van der Waals surface area (Å²) in [5.41, 5.74) is 2.13. The third-order valence-electron chi connectivity index (χ3n) is 6.99. The van der Waals surface area contributed by atoms with Gasteiger partial charge >= 0.3 is 0 Å². The fourth-order valence-electron chi connectivity index (χ4n) is 5.46. The molecule has 32 heavy (non-hydrogen) atoms. The molecule has 2 aliphatic carbocycles. The topological polar surface area (TPSA) is 72.7 Å². The quantitative estimate of drug-likeness (QED) is 0.518. The van der Waals surface area contributed by atoms with Crippen LogP contribution in [0.4, 0.5) is 0 Å². The molecule has 0 saturated heterocycles. The Morgan fingerprint density at radius 1 is 1.12 bits per heavy atom. The van der Waals surface area contributed by atoms with Gasteiger partial charge < -0.3 is 5.32 Å². The number of benzene rings is 1. The summed E-state index contributed by atoms with van der Waals surface area (Å²) in [4.78, 5) is 16.8. The Labute approximate surface area is 193 Å². The standard InChI is InChI=1S/C25H29N5OS/c1-17(22-14-19-7-8-21(22)13-19)27-23(31)16-32-25-29-28-24(20-9-11-26-12-10-20)30(25)15-18-5-3-2-4-6-18/h2-6,9-12,17,19,21-22H,7-8,13-16H2,1H3,(H,27,31). The molecule has 2 aliphatic rings. The van der Waals surface area contributed by atoms with Crippen LogP contribution in [0.15, 0.2) is 60.0 Å². The predicted octanol–water partition coefficient (Wildman–Crippen LogP) is 4.42. The summed E-state index contributed by atoms with van der Waals surface area (Å²) in [5.74, 6) is 3.54. The summed E-state index contributed by atoms with van der Waals surface area (Å²) in [6.45, 7) is 2.82. The van der Waals surface area contributed by atoms with E-state index in [9.17, 15) is 4.79 Å². The molecule has 5 rings (SSSR count). The van der Waals surface area contributed by atoms with Crippen LogP contribution in [0.5, 0.6) is 0 Å². The first-order chi connectivity index (χ1) is 15.7. The largest absolute Gasteiger partial charge is 0.353 e. The van der Waals surface area contributed by atoms with Gasteiger partial charge in [0.1, 0.15) is 0 Å². The molecule has 7 heteroatoms. The van der Waals surface area contributed by atoms with Crippen molar-refractivity contribution >= 4 is 17.7 Å². The van der Waals surface area contributed by atoms with Crippen molar-refractivity contribution in [3.8, 4) is 11.4 Å². The van der Waals surface area contributed by atoms with Crippen molar-refractivity contribution in [2.75, 3.05) is 5.75 Å². The van der Waals surface area contributed by atoms with Crippen molar-refractivity contribution in [3.63, 3.8) is 0 Å². The summed E-state index contributed by atoms with van der Waals surface area (Å²) in [5, 5.41) is 12.9. The minimum absolute atomic E-state index is 0.0741. The Balaban J connectivity index is 1.27. The lowest BCUT2D eigenvalue weighted by atomic mass is 9.84. The fourth-order valence-corrected chi connectivity index (χ4v) is 6.21. The van der Waals surface area contributed by atoms with E-state index < -0.39 is 0 Å². The SMILES string of the molecule is CC(NC(=O)CSc1nnc(-c2ccncc2)n1Cc1ccccc1)C1CC2CCC1C2. The monoisotopic (exact) mass is 447 g/mol. The Bertz CT molecular complexity index is 1050. The van der Waals surface area contributed by atoms with Crippen molar-refractivity contribution in [2.45, 2.75) is 50.4 Å². The maximum atomic E-state index is 12.7. The second kappa shape index (κ2) is 9.45. The molecular formula is C25H29N5OS. The first kappa shape index (κ1) is 21.2. The summed E-state index contributed by atoms with van der Waals surface area (Å²) >= 11 is 1.45. The van der Waals surface area contributed by atoms with Gasteiger partial charge in [0.25, 0.3) is 0 Å². The minimum atomic E-state index is 0.0741. The third kappa shape index (κ3) is 4.58. The van der Waals surface area contributed by atoms with Crippen LogP contribution < -0.4 is 5.32 Å². The first-order valence-corrected chi connectivity index (χ1v) is 12.5. The van der Waals surface area contributed by atoms with Gasteiger partial charge in [0, 0.05) is 24.0 Å². The van der Waals surface area contributed by atoms with Gasteiger partial charge in [-0.05, 0) is 61.6 Å². The molecule has 1 N–H and O–H groups in total. The molecule has 6 nitrogen and oxygen atoms in total. The van der Waals surface area contributed by atoms with Crippen molar-refractivity contribution < 1.29 is 4.79 Å². The number of amides is 1. The lowest BCUT2D eigenvalue weighted by Crippen LogP contribution is -2.40. The molecule has 166 valence electrons. The zero-order valence-electron chi connectivity index (χ0n) is 18.4. The Kier molecular flexibility index (Phi) is 6.26. The van der Waals surface area contributed by atoms with E-state index in [0.717, 1.165) is 28.4 Å². The molecule has 2 fully saturated rings. The lowest BCUT2D eigenvalue weighted by molar-refractivity contribution is -0.119. The van der Waals surface area contributed by atoms with E-state index in [1.54, 1.807) is 12.4 Å². The van der Waals surface area contributed by atoms with E-state index in [1.807, 2.05) is 30.3 Å². The molecule has 3 aromatic rings. The molecule has 1 amide bonds. The smallest absolute Gasteiger partial charge is 0.230 e. The van der Waals surface area contributed by atoms with Gasteiger partial charge in [0.2, 0.25) is 5.91 Å². The number of hydrogen-bond acceptors (Lipinski definition) is 5. The molecule has 4 atom stereocenters. The molecule has 2 saturated carbocycles. The van der Waals surface area contributed by atoms with E-state index in [-0.39, 0.29) is 11.9 Å². The maximum absolute atomic E-state index is 12.7. The second-order valence-electron chi connectivity index (χ2n) is 9.10. The van der Waals surface area contributed by atoms with E-state index in [1.165, 1.54) is 43.0 Å². The highest BCUT2D eigenvalue weighted by molar-refractivity contribution is 7.99. The third-order valence-corrected chi connectivity index (χ3v) is 7.96. The van der Waals surface area contributed by atoms with Crippen molar-refractivity contribution in [1.82, 2.24) is 25.1 Å². The molecule has 2 heterocycles. The number of nitrogens with zero attached hydrogens (tertiary/aromatic N) is 4. The van der Waals surface area contributed by atoms with Gasteiger partial charge in [-0.2, -0.15) is 0 Å². The first-order valence-electron chi connectivity index (χ1n) is 11.5. The second-order valence-corrected chi connectivity index (χ2v) is 10.0. The predicted molar refractivity (Wildman–Crippen MR) is 126 cm³/mol. The van der Waals surface area contributed by atoms with Crippen LogP contribution in [0.2, 0.25) is 0 Å². The zero-order valence-corrected chi connectivity index (χ0v) is 19.2. The van der Waals surface area contributed by atoms with Crippen LogP contribution in [0.1, 0.15) is 38.2 Å². The van der Waals surface area contributed by atoms with Crippen LogP contribution in [0, 0.1) is 17.8 Å². The number of fused-ring (bicyclic) bond motifs is 2. The average Bonchev–Trinajstić information content (AvgIpc) is 3.55. The van der Waals surface area contributed by atoms with Gasteiger partial charge in [-0.15, -0.1) is 10.2 Å². The minimum Gasteiger partial charge on any atom is -0.353 e. The molecule has 2 aromatic heterocycles.